The average molecular weight is 410 g/mol. The van der Waals surface area contributed by atoms with Gasteiger partial charge in [-0.1, -0.05) is 43.5 Å². The van der Waals surface area contributed by atoms with Crippen LogP contribution in [0.25, 0.3) is 0 Å². The van der Waals surface area contributed by atoms with Gasteiger partial charge in [-0.05, 0) is 42.9 Å². The summed E-state index contributed by atoms with van der Waals surface area (Å²) in [5, 5.41) is 3.35. The highest BCUT2D eigenvalue weighted by atomic mass is 79.9. The highest BCUT2D eigenvalue weighted by Gasteiger charge is 2.12. The largest absolute Gasteiger partial charge is 0.313 e. The van der Waals surface area contributed by atoms with Crippen LogP contribution >= 0.6 is 54.8 Å². The van der Waals surface area contributed by atoms with Gasteiger partial charge < -0.3 is 5.32 Å². The molecule has 2 rings (SSSR count). The lowest BCUT2D eigenvalue weighted by Crippen LogP contribution is -2.18. The van der Waals surface area contributed by atoms with E-state index in [9.17, 15) is 0 Å². The number of benzene rings is 1. The Kier molecular flexibility index (Phi) is 5.27. The zero-order valence-corrected chi connectivity index (χ0v) is 14.5. The van der Waals surface area contributed by atoms with Crippen molar-refractivity contribution in [1.29, 1.82) is 0 Å². The minimum Gasteiger partial charge on any atom is -0.313 e. The van der Waals surface area contributed by atoms with Crippen LogP contribution in [-0.2, 0) is 6.42 Å². The van der Waals surface area contributed by atoms with E-state index in [1.165, 1.54) is 10.4 Å². The standard InChI is InChI=1S/C13H12Br2ClNS/c1-17-12(7-11-2-3-13(16)18-11)8-4-9(14)6-10(15)5-8/h2-6,12,17H,7H2,1H3. The predicted molar refractivity (Wildman–Crippen MR) is 86.7 cm³/mol. The van der Waals surface area contributed by atoms with Gasteiger partial charge in [0.15, 0.2) is 0 Å². The number of nitrogens with one attached hydrogen (secondary N) is 1. The Morgan fingerprint density at radius 1 is 1.22 bits per heavy atom. The summed E-state index contributed by atoms with van der Waals surface area (Å²) in [5.74, 6) is 0. The first-order valence-electron chi connectivity index (χ1n) is 5.46. The molecule has 0 aliphatic rings. The maximum atomic E-state index is 5.97. The molecule has 1 unspecified atom stereocenters. The Bertz CT molecular complexity index is 521. The maximum Gasteiger partial charge on any atom is 0.0931 e. The van der Waals surface area contributed by atoms with E-state index in [1.54, 1.807) is 11.3 Å². The monoisotopic (exact) mass is 407 g/mol. The Balaban J connectivity index is 2.22. The molecule has 96 valence electrons. The van der Waals surface area contributed by atoms with E-state index in [2.05, 4.69) is 55.4 Å². The van der Waals surface area contributed by atoms with Gasteiger partial charge in [0.05, 0.1) is 4.34 Å². The molecule has 0 saturated carbocycles. The van der Waals surface area contributed by atoms with Gasteiger partial charge in [-0.15, -0.1) is 11.3 Å². The van der Waals surface area contributed by atoms with Crippen molar-refractivity contribution >= 4 is 54.8 Å². The summed E-state index contributed by atoms with van der Waals surface area (Å²) in [6.07, 6.45) is 0.941. The molecule has 0 fully saturated rings. The molecule has 18 heavy (non-hydrogen) atoms. The van der Waals surface area contributed by atoms with Gasteiger partial charge in [0.25, 0.3) is 0 Å². The van der Waals surface area contributed by atoms with Gasteiger partial charge in [-0.3, -0.25) is 0 Å². The van der Waals surface area contributed by atoms with E-state index in [-0.39, 0.29) is 6.04 Å². The third kappa shape index (κ3) is 3.81. The molecule has 0 saturated heterocycles. The van der Waals surface area contributed by atoms with E-state index in [4.69, 9.17) is 11.6 Å². The van der Waals surface area contributed by atoms with Crippen LogP contribution in [-0.4, -0.2) is 7.05 Å². The van der Waals surface area contributed by atoms with Gasteiger partial charge in [-0.2, -0.15) is 0 Å². The van der Waals surface area contributed by atoms with E-state index < -0.39 is 0 Å². The number of thiophene rings is 1. The molecule has 1 N–H and O–H groups in total. The molecule has 1 heterocycles. The zero-order chi connectivity index (χ0) is 13.1. The van der Waals surface area contributed by atoms with E-state index >= 15 is 0 Å². The molecule has 2 aromatic rings. The van der Waals surface area contributed by atoms with Crippen LogP contribution in [0.2, 0.25) is 4.34 Å². The lowest BCUT2D eigenvalue weighted by molar-refractivity contribution is 0.596. The Labute approximate surface area is 133 Å². The fraction of sp³-hybridized carbons (Fsp3) is 0.231. The van der Waals surface area contributed by atoms with Crippen molar-refractivity contribution in [1.82, 2.24) is 5.32 Å². The van der Waals surface area contributed by atoms with Crippen LogP contribution in [0.5, 0.6) is 0 Å². The molecule has 0 aliphatic heterocycles. The molecule has 0 bridgehead atoms. The summed E-state index contributed by atoms with van der Waals surface area (Å²) < 4.78 is 3.00. The normalized spacial score (nSPS) is 12.7. The molecule has 0 aliphatic carbocycles. The SMILES string of the molecule is CNC(Cc1ccc(Cl)s1)c1cc(Br)cc(Br)c1. The Hall–Kier alpha value is 0.130. The molecule has 1 aromatic heterocycles. The second-order valence-electron chi connectivity index (χ2n) is 3.95. The molecule has 1 aromatic carbocycles. The van der Waals surface area contributed by atoms with Crippen molar-refractivity contribution < 1.29 is 0 Å². The molecule has 1 nitrogen and oxygen atoms in total. The van der Waals surface area contributed by atoms with Gasteiger partial charge in [-0.25, -0.2) is 0 Å². The van der Waals surface area contributed by atoms with E-state index in [0.717, 1.165) is 19.7 Å². The summed E-state index contributed by atoms with van der Waals surface area (Å²) in [4.78, 5) is 1.29. The molecule has 1 atom stereocenters. The predicted octanol–water partition coefficient (Wildman–Crippen LogP) is 5.43. The van der Waals surface area contributed by atoms with Crippen molar-refractivity contribution in [3.8, 4) is 0 Å². The molecular formula is C13H12Br2ClNS. The topological polar surface area (TPSA) is 12.0 Å². The van der Waals surface area contributed by atoms with Crippen molar-refractivity contribution in [2.24, 2.45) is 0 Å². The number of halogens is 3. The van der Waals surface area contributed by atoms with Crippen molar-refractivity contribution in [3.63, 3.8) is 0 Å². The lowest BCUT2D eigenvalue weighted by Gasteiger charge is -2.16. The first-order valence-corrected chi connectivity index (χ1v) is 8.24. The number of likely N-dealkylation sites (N-methyl/N-ethyl adjacent to an activating group) is 1. The summed E-state index contributed by atoms with van der Waals surface area (Å²) in [6.45, 7) is 0. The number of rotatable bonds is 4. The summed E-state index contributed by atoms with van der Waals surface area (Å²) in [5.41, 5.74) is 1.25. The summed E-state index contributed by atoms with van der Waals surface area (Å²) >= 11 is 14.7. The molecule has 5 heteroatoms. The van der Waals surface area contributed by atoms with Crippen molar-refractivity contribution in [3.05, 3.63) is 54.1 Å². The second-order valence-corrected chi connectivity index (χ2v) is 7.58. The number of hydrogen-bond donors (Lipinski definition) is 1. The Morgan fingerprint density at radius 2 is 1.89 bits per heavy atom. The molecule has 0 radical (unpaired) electrons. The fourth-order valence-electron chi connectivity index (χ4n) is 1.83. The second kappa shape index (κ2) is 6.53. The third-order valence-electron chi connectivity index (χ3n) is 2.67. The Morgan fingerprint density at radius 3 is 2.39 bits per heavy atom. The van der Waals surface area contributed by atoms with Crippen LogP contribution in [0.1, 0.15) is 16.5 Å². The third-order valence-corrected chi connectivity index (χ3v) is 4.84. The van der Waals surface area contributed by atoms with Gasteiger partial charge in [0, 0.05) is 26.3 Å². The summed E-state index contributed by atoms with van der Waals surface area (Å²) in [7, 11) is 1.98. The van der Waals surface area contributed by atoms with E-state index in [0.29, 0.717) is 0 Å². The lowest BCUT2D eigenvalue weighted by atomic mass is 10.0. The highest BCUT2D eigenvalue weighted by molar-refractivity contribution is 9.11. The van der Waals surface area contributed by atoms with Gasteiger partial charge >= 0.3 is 0 Å². The van der Waals surface area contributed by atoms with Crippen LogP contribution in [0.15, 0.2) is 39.3 Å². The van der Waals surface area contributed by atoms with E-state index in [1.807, 2.05) is 19.2 Å². The maximum absolute atomic E-state index is 5.97. The van der Waals surface area contributed by atoms with Crippen LogP contribution in [0, 0.1) is 0 Å². The molecule has 0 spiro atoms. The summed E-state index contributed by atoms with van der Waals surface area (Å²) in [6, 6.07) is 10.6. The van der Waals surface area contributed by atoms with Crippen LogP contribution in [0.3, 0.4) is 0 Å². The average Bonchev–Trinajstić information content (AvgIpc) is 2.70. The smallest absolute Gasteiger partial charge is 0.0931 e. The first kappa shape index (κ1) is 14.5. The first-order chi connectivity index (χ1) is 8.58. The van der Waals surface area contributed by atoms with Crippen molar-refractivity contribution in [2.75, 3.05) is 7.05 Å². The minimum atomic E-state index is 0.286. The highest BCUT2D eigenvalue weighted by Crippen LogP contribution is 2.29. The van der Waals surface area contributed by atoms with Gasteiger partial charge in [0.2, 0.25) is 0 Å². The van der Waals surface area contributed by atoms with Crippen LogP contribution in [0.4, 0.5) is 0 Å². The van der Waals surface area contributed by atoms with Crippen LogP contribution < -0.4 is 5.32 Å². The zero-order valence-electron chi connectivity index (χ0n) is 9.71. The van der Waals surface area contributed by atoms with Crippen molar-refractivity contribution in [2.45, 2.75) is 12.5 Å². The minimum absolute atomic E-state index is 0.286. The number of hydrogen-bond acceptors (Lipinski definition) is 2. The quantitative estimate of drug-likeness (QED) is 0.710. The fourth-order valence-corrected chi connectivity index (χ4v) is 4.29. The van der Waals surface area contributed by atoms with Gasteiger partial charge in [0.1, 0.15) is 0 Å². The molecular weight excluding hydrogens is 397 g/mol. The molecule has 0 amide bonds.